The van der Waals surface area contributed by atoms with Gasteiger partial charge in [0, 0.05) is 43.3 Å². The molecule has 1 aliphatic rings. The number of rotatable bonds is 7. The first-order valence-electron chi connectivity index (χ1n) is 7.61. The summed E-state index contributed by atoms with van der Waals surface area (Å²) in [7, 11) is 0. The normalized spacial score (nSPS) is 16.4. The molecule has 4 nitrogen and oxygen atoms in total. The average molecular weight is 313 g/mol. The van der Waals surface area contributed by atoms with Gasteiger partial charge in [0.15, 0.2) is 0 Å². The van der Waals surface area contributed by atoms with Crippen molar-refractivity contribution in [3.8, 4) is 5.75 Å². The smallest absolute Gasteiger partial charge is 0.124 e. The third-order valence-electron chi connectivity index (χ3n) is 3.41. The zero-order chi connectivity index (χ0) is 15.1. The van der Waals surface area contributed by atoms with E-state index in [0.29, 0.717) is 0 Å². The van der Waals surface area contributed by atoms with E-state index >= 15 is 0 Å². The van der Waals surface area contributed by atoms with E-state index < -0.39 is 0 Å². The Bertz CT molecular complexity index is 434. The second kappa shape index (κ2) is 8.59. The minimum absolute atomic E-state index is 0.165. The molecular formula is C16H25ClN2O2. The maximum Gasteiger partial charge on any atom is 0.124 e. The van der Waals surface area contributed by atoms with E-state index in [2.05, 4.69) is 10.2 Å². The Kier molecular flexibility index (Phi) is 6.77. The predicted octanol–water partition coefficient (Wildman–Crippen LogP) is 2.55. The van der Waals surface area contributed by atoms with E-state index in [1.54, 1.807) is 0 Å². The van der Waals surface area contributed by atoms with Crippen LogP contribution in [0.4, 0.5) is 0 Å². The molecule has 0 saturated carbocycles. The SMILES string of the molecule is CC(C)Oc1ccc(Cl)cc1CNCCN1CCOCC1. The molecule has 0 spiro atoms. The van der Waals surface area contributed by atoms with E-state index in [1.165, 1.54) is 0 Å². The lowest BCUT2D eigenvalue weighted by atomic mass is 10.2. The Hall–Kier alpha value is -0.810. The summed E-state index contributed by atoms with van der Waals surface area (Å²) < 4.78 is 11.2. The summed E-state index contributed by atoms with van der Waals surface area (Å²) in [4.78, 5) is 2.42. The molecule has 1 fully saturated rings. The van der Waals surface area contributed by atoms with Crippen LogP contribution in [0.3, 0.4) is 0 Å². The Morgan fingerprint density at radius 3 is 2.81 bits per heavy atom. The van der Waals surface area contributed by atoms with Crippen molar-refractivity contribution < 1.29 is 9.47 Å². The number of halogens is 1. The Morgan fingerprint density at radius 2 is 2.10 bits per heavy atom. The number of ether oxygens (including phenoxy) is 2. The van der Waals surface area contributed by atoms with Crippen LogP contribution >= 0.6 is 11.6 Å². The van der Waals surface area contributed by atoms with Gasteiger partial charge in [-0.3, -0.25) is 4.90 Å². The van der Waals surface area contributed by atoms with Crippen LogP contribution in [-0.4, -0.2) is 50.4 Å². The van der Waals surface area contributed by atoms with Gasteiger partial charge in [-0.1, -0.05) is 11.6 Å². The average Bonchev–Trinajstić information content (AvgIpc) is 2.47. The van der Waals surface area contributed by atoms with Crippen molar-refractivity contribution in [2.24, 2.45) is 0 Å². The van der Waals surface area contributed by atoms with E-state index in [9.17, 15) is 0 Å². The third kappa shape index (κ3) is 5.83. The summed E-state index contributed by atoms with van der Waals surface area (Å²) in [5.74, 6) is 0.910. The fourth-order valence-electron chi connectivity index (χ4n) is 2.34. The summed E-state index contributed by atoms with van der Waals surface area (Å²) in [6.45, 7) is 10.6. The van der Waals surface area contributed by atoms with Crippen LogP contribution in [0.25, 0.3) is 0 Å². The van der Waals surface area contributed by atoms with Crippen molar-refractivity contribution in [2.75, 3.05) is 39.4 Å². The molecule has 2 rings (SSSR count). The number of hydrogen-bond acceptors (Lipinski definition) is 4. The third-order valence-corrected chi connectivity index (χ3v) is 3.64. The first-order valence-corrected chi connectivity index (χ1v) is 7.99. The molecular weight excluding hydrogens is 288 g/mol. The maximum atomic E-state index is 6.08. The van der Waals surface area contributed by atoms with Gasteiger partial charge in [-0.2, -0.15) is 0 Å². The fraction of sp³-hybridized carbons (Fsp3) is 0.625. The number of benzene rings is 1. The van der Waals surface area contributed by atoms with Gasteiger partial charge in [-0.25, -0.2) is 0 Å². The van der Waals surface area contributed by atoms with Crippen LogP contribution in [0, 0.1) is 0 Å². The summed E-state index contributed by atoms with van der Waals surface area (Å²) in [6.07, 6.45) is 0.165. The number of nitrogens with one attached hydrogen (secondary N) is 1. The first kappa shape index (κ1) is 16.6. The highest BCUT2D eigenvalue weighted by molar-refractivity contribution is 6.30. The highest BCUT2D eigenvalue weighted by Crippen LogP contribution is 2.23. The maximum absolute atomic E-state index is 6.08. The lowest BCUT2D eigenvalue weighted by Crippen LogP contribution is -2.40. The number of morpholine rings is 1. The van der Waals surface area contributed by atoms with Crippen LogP contribution in [0.15, 0.2) is 18.2 Å². The van der Waals surface area contributed by atoms with Gasteiger partial charge in [0.2, 0.25) is 0 Å². The zero-order valence-electron chi connectivity index (χ0n) is 12.9. The molecule has 5 heteroatoms. The van der Waals surface area contributed by atoms with Crippen molar-refractivity contribution in [1.82, 2.24) is 10.2 Å². The molecule has 21 heavy (non-hydrogen) atoms. The van der Waals surface area contributed by atoms with Gasteiger partial charge in [-0.05, 0) is 32.0 Å². The van der Waals surface area contributed by atoms with Gasteiger partial charge in [0.1, 0.15) is 5.75 Å². The van der Waals surface area contributed by atoms with Crippen LogP contribution in [0.2, 0.25) is 5.02 Å². The molecule has 118 valence electrons. The van der Waals surface area contributed by atoms with Gasteiger partial charge < -0.3 is 14.8 Å². The zero-order valence-corrected chi connectivity index (χ0v) is 13.7. The Morgan fingerprint density at radius 1 is 1.33 bits per heavy atom. The van der Waals surface area contributed by atoms with Gasteiger partial charge in [0.25, 0.3) is 0 Å². The topological polar surface area (TPSA) is 33.7 Å². The number of nitrogens with zero attached hydrogens (tertiary/aromatic N) is 1. The molecule has 1 aromatic carbocycles. The van der Waals surface area contributed by atoms with Gasteiger partial charge in [0.05, 0.1) is 19.3 Å². The van der Waals surface area contributed by atoms with Crippen LogP contribution < -0.4 is 10.1 Å². The quantitative estimate of drug-likeness (QED) is 0.785. The molecule has 1 aliphatic heterocycles. The van der Waals surface area contributed by atoms with Crippen molar-refractivity contribution >= 4 is 11.6 Å². The second-order valence-corrected chi connectivity index (χ2v) is 5.99. The summed E-state index contributed by atoms with van der Waals surface area (Å²) in [6, 6.07) is 5.79. The molecule has 0 atom stereocenters. The monoisotopic (exact) mass is 312 g/mol. The molecule has 0 unspecified atom stereocenters. The first-order chi connectivity index (χ1) is 10.1. The lowest BCUT2D eigenvalue weighted by molar-refractivity contribution is 0.0384. The van der Waals surface area contributed by atoms with E-state index in [0.717, 1.165) is 62.3 Å². The highest BCUT2D eigenvalue weighted by atomic mass is 35.5. The molecule has 1 N–H and O–H groups in total. The summed E-state index contributed by atoms with van der Waals surface area (Å²) in [5, 5.41) is 4.22. The molecule has 0 radical (unpaired) electrons. The summed E-state index contributed by atoms with van der Waals surface area (Å²) >= 11 is 6.08. The van der Waals surface area contributed by atoms with Crippen molar-refractivity contribution in [3.63, 3.8) is 0 Å². The van der Waals surface area contributed by atoms with Gasteiger partial charge >= 0.3 is 0 Å². The molecule has 1 heterocycles. The van der Waals surface area contributed by atoms with Crippen LogP contribution in [0.5, 0.6) is 5.75 Å². The molecule has 1 saturated heterocycles. The number of hydrogen-bond donors (Lipinski definition) is 1. The van der Waals surface area contributed by atoms with E-state index in [1.807, 2.05) is 32.0 Å². The van der Waals surface area contributed by atoms with E-state index in [4.69, 9.17) is 21.1 Å². The van der Waals surface area contributed by atoms with Crippen molar-refractivity contribution in [3.05, 3.63) is 28.8 Å². The standard InChI is InChI=1S/C16H25ClN2O2/c1-13(2)21-16-4-3-15(17)11-14(16)12-18-5-6-19-7-9-20-10-8-19/h3-4,11,13,18H,5-10,12H2,1-2H3. The van der Waals surface area contributed by atoms with Crippen LogP contribution in [-0.2, 0) is 11.3 Å². The minimum Gasteiger partial charge on any atom is -0.491 e. The molecule has 0 bridgehead atoms. The lowest BCUT2D eigenvalue weighted by Gasteiger charge is -2.26. The van der Waals surface area contributed by atoms with Crippen molar-refractivity contribution in [1.29, 1.82) is 0 Å². The molecule has 0 aromatic heterocycles. The minimum atomic E-state index is 0.165. The Labute approximate surface area is 132 Å². The second-order valence-electron chi connectivity index (χ2n) is 5.55. The predicted molar refractivity (Wildman–Crippen MR) is 86.2 cm³/mol. The van der Waals surface area contributed by atoms with Crippen LogP contribution in [0.1, 0.15) is 19.4 Å². The molecule has 0 amide bonds. The molecule has 0 aliphatic carbocycles. The summed E-state index contributed by atoms with van der Waals surface area (Å²) in [5.41, 5.74) is 1.11. The van der Waals surface area contributed by atoms with E-state index in [-0.39, 0.29) is 6.10 Å². The van der Waals surface area contributed by atoms with Crippen molar-refractivity contribution in [2.45, 2.75) is 26.5 Å². The molecule has 1 aromatic rings. The Balaban J connectivity index is 1.79. The largest absolute Gasteiger partial charge is 0.491 e. The fourth-order valence-corrected chi connectivity index (χ4v) is 2.53. The van der Waals surface area contributed by atoms with Gasteiger partial charge in [-0.15, -0.1) is 0 Å². The highest BCUT2D eigenvalue weighted by Gasteiger charge is 2.10.